The van der Waals surface area contributed by atoms with E-state index in [0.29, 0.717) is 6.54 Å². The Labute approximate surface area is 258 Å². The number of thiophene rings is 1. The molecule has 1 aliphatic heterocycles. The first-order chi connectivity index (χ1) is 20.4. The number of unbranched alkanes of at least 4 members (excludes halogenated alkanes) is 16. The van der Waals surface area contributed by atoms with Crippen LogP contribution in [0.1, 0.15) is 159 Å². The number of aliphatic hydroxyl groups is 2. The third kappa shape index (κ3) is 15.3. The maximum Gasteiger partial charge on any atom is 0.336 e. The molecule has 0 spiro atoms. The Kier molecular flexibility index (Phi) is 20.0. The van der Waals surface area contributed by atoms with E-state index in [1.165, 1.54) is 63.9 Å². The lowest BCUT2D eigenvalue weighted by atomic mass is 10.00. The number of nitro groups is 1. The summed E-state index contributed by atoms with van der Waals surface area (Å²) in [6, 6.07) is 1.50. The van der Waals surface area contributed by atoms with Gasteiger partial charge in [-0.3, -0.25) is 14.9 Å². The van der Waals surface area contributed by atoms with Crippen LogP contribution in [0, 0.1) is 10.1 Å². The normalized spacial score (nSPS) is 18.3. The quantitative estimate of drug-likeness (QED) is 0.0549. The van der Waals surface area contributed by atoms with Gasteiger partial charge in [0.05, 0.1) is 29.3 Å². The van der Waals surface area contributed by atoms with Crippen LogP contribution in [0.3, 0.4) is 0 Å². The molecule has 0 bridgehead atoms. The highest BCUT2D eigenvalue weighted by molar-refractivity contribution is 7.13. The molecule has 2 rings (SSSR count). The fourth-order valence-electron chi connectivity index (χ4n) is 5.92. The Morgan fingerprint density at radius 1 is 0.857 bits per heavy atom. The zero-order valence-corrected chi connectivity index (χ0v) is 26.9. The molecule has 3 N–H and O–H groups in total. The third-order valence-electron chi connectivity index (χ3n) is 8.56. The van der Waals surface area contributed by atoms with Gasteiger partial charge in [0, 0.05) is 6.54 Å². The van der Waals surface area contributed by atoms with Crippen molar-refractivity contribution in [3.8, 4) is 0 Å². The topological polar surface area (TPSA) is 122 Å². The van der Waals surface area contributed by atoms with Crippen LogP contribution >= 0.6 is 11.3 Å². The summed E-state index contributed by atoms with van der Waals surface area (Å²) in [5.74, 6) is -0.371. The second kappa shape index (κ2) is 22.9. The third-order valence-corrected chi connectivity index (χ3v) is 9.43. The highest BCUT2D eigenvalue weighted by Gasteiger charge is 2.34. The summed E-state index contributed by atoms with van der Waals surface area (Å²) in [6.45, 7) is 2.79. The number of rotatable bonds is 26. The van der Waals surface area contributed by atoms with Crippen LogP contribution in [0.2, 0.25) is 0 Å². The zero-order valence-electron chi connectivity index (χ0n) is 26.1. The number of carbonyl (C=O) groups is 1. The number of hydrogen-bond donors (Lipinski definition) is 3. The van der Waals surface area contributed by atoms with E-state index in [9.17, 15) is 25.1 Å². The maximum absolute atomic E-state index is 12.1. The van der Waals surface area contributed by atoms with Crippen molar-refractivity contribution in [1.29, 1.82) is 0 Å². The summed E-state index contributed by atoms with van der Waals surface area (Å²) in [7, 11) is 0. The van der Waals surface area contributed by atoms with Gasteiger partial charge in [-0.15, -0.1) is 0 Å². The van der Waals surface area contributed by atoms with Gasteiger partial charge >= 0.3 is 5.00 Å². The second-order valence-corrected chi connectivity index (χ2v) is 13.1. The molecule has 1 amide bonds. The van der Waals surface area contributed by atoms with E-state index in [-0.39, 0.29) is 28.7 Å². The van der Waals surface area contributed by atoms with Crippen LogP contribution < -0.4 is 5.32 Å². The van der Waals surface area contributed by atoms with Gasteiger partial charge in [-0.1, -0.05) is 127 Å². The Bertz CT molecular complexity index is 850. The van der Waals surface area contributed by atoms with Crippen LogP contribution in [0.4, 0.5) is 5.00 Å². The average Bonchev–Trinajstić information content (AvgIpc) is 3.67. The number of nitrogens with zero attached hydrogens (tertiary/aromatic N) is 1. The first-order valence-corrected chi connectivity index (χ1v) is 17.8. The molecule has 1 aromatic rings. The molecule has 8 nitrogen and oxygen atoms in total. The number of hydrogen-bond acceptors (Lipinski definition) is 7. The number of carbonyl (C=O) groups excluding carboxylic acids is 1. The number of ether oxygens (including phenoxy) is 1. The molecule has 9 heteroatoms. The Morgan fingerprint density at radius 3 is 1.79 bits per heavy atom. The molecule has 0 aromatic carbocycles. The number of nitrogens with one attached hydrogen (secondary N) is 1. The molecular formula is C33H58N2O6S. The monoisotopic (exact) mass is 610 g/mol. The lowest BCUT2D eigenvalue weighted by Gasteiger charge is -2.22. The fourth-order valence-corrected chi connectivity index (χ4v) is 6.63. The lowest BCUT2D eigenvalue weighted by molar-refractivity contribution is -0.380. The molecule has 1 aliphatic rings. The number of amides is 1. The highest BCUT2D eigenvalue weighted by Crippen LogP contribution is 2.28. The van der Waals surface area contributed by atoms with Gasteiger partial charge in [-0.25, -0.2) is 0 Å². The van der Waals surface area contributed by atoms with Gasteiger partial charge in [-0.05, 0) is 43.6 Å². The van der Waals surface area contributed by atoms with Gasteiger partial charge in [0.2, 0.25) is 0 Å². The first-order valence-electron chi connectivity index (χ1n) is 17.0. The van der Waals surface area contributed by atoms with E-state index < -0.39 is 17.1 Å². The molecule has 0 saturated carbocycles. The van der Waals surface area contributed by atoms with Crippen molar-refractivity contribution in [2.24, 2.45) is 0 Å². The van der Waals surface area contributed by atoms with E-state index >= 15 is 0 Å². The van der Waals surface area contributed by atoms with Crippen molar-refractivity contribution >= 4 is 22.2 Å². The SMILES string of the molecule is CCCCCCCCCCCC[C@@H](O)[C@H]1CC[C@H]([C@H](O)CCCCCCCCCCNC(=O)c2ccsc2[N+](=O)[O-])O1. The highest BCUT2D eigenvalue weighted by atomic mass is 32.1. The summed E-state index contributed by atoms with van der Waals surface area (Å²) in [5.41, 5.74) is 0.145. The van der Waals surface area contributed by atoms with Crippen LogP contribution in [0.15, 0.2) is 11.4 Å². The Balaban J connectivity index is 1.38. The van der Waals surface area contributed by atoms with E-state index in [1.54, 1.807) is 5.38 Å². The van der Waals surface area contributed by atoms with E-state index in [0.717, 1.165) is 94.8 Å². The lowest BCUT2D eigenvalue weighted by Crippen LogP contribution is -2.31. The molecule has 0 aliphatic carbocycles. The second-order valence-electron chi connectivity index (χ2n) is 12.2. The minimum Gasteiger partial charge on any atom is -0.390 e. The first kappa shape index (κ1) is 36.6. The molecule has 0 radical (unpaired) electrons. The van der Waals surface area contributed by atoms with Gasteiger partial charge in [0.15, 0.2) is 0 Å². The summed E-state index contributed by atoms with van der Waals surface area (Å²) in [5, 5.41) is 36.4. The van der Waals surface area contributed by atoms with Crippen LogP contribution in [0.5, 0.6) is 0 Å². The number of aliphatic hydroxyl groups excluding tert-OH is 2. The summed E-state index contributed by atoms with van der Waals surface area (Å²) in [4.78, 5) is 22.5. The van der Waals surface area contributed by atoms with Gasteiger partial charge in [0.1, 0.15) is 5.56 Å². The summed E-state index contributed by atoms with van der Waals surface area (Å²) < 4.78 is 6.07. The Hall–Kier alpha value is -1.55. The minimum absolute atomic E-state index is 0.103. The van der Waals surface area contributed by atoms with Crippen molar-refractivity contribution in [2.75, 3.05) is 6.54 Å². The predicted molar refractivity (Wildman–Crippen MR) is 171 cm³/mol. The summed E-state index contributed by atoms with van der Waals surface area (Å²) in [6.07, 6.45) is 23.6. The van der Waals surface area contributed by atoms with E-state index in [1.807, 2.05) is 0 Å². The maximum atomic E-state index is 12.1. The molecule has 42 heavy (non-hydrogen) atoms. The van der Waals surface area contributed by atoms with Crippen molar-refractivity contribution in [3.63, 3.8) is 0 Å². The van der Waals surface area contributed by atoms with Crippen molar-refractivity contribution < 1.29 is 24.7 Å². The largest absolute Gasteiger partial charge is 0.390 e. The van der Waals surface area contributed by atoms with E-state index in [2.05, 4.69) is 12.2 Å². The molecule has 4 atom stereocenters. The van der Waals surface area contributed by atoms with Crippen LogP contribution in [-0.2, 0) is 4.74 Å². The molecule has 1 fully saturated rings. The van der Waals surface area contributed by atoms with Crippen LogP contribution in [-0.4, -0.2) is 52.0 Å². The minimum atomic E-state index is -0.510. The molecular weight excluding hydrogens is 552 g/mol. The van der Waals surface area contributed by atoms with Crippen molar-refractivity contribution in [1.82, 2.24) is 5.32 Å². The predicted octanol–water partition coefficient (Wildman–Crippen LogP) is 8.48. The van der Waals surface area contributed by atoms with Gasteiger partial charge in [-0.2, -0.15) is 0 Å². The average molecular weight is 611 g/mol. The Morgan fingerprint density at radius 2 is 1.31 bits per heavy atom. The zero-order chi connectivity index (χ0) is 30.4. The van der Waals surface area contributed by atoms with Gasteiger partial charge in [0.25, 0.3) is 5.91 Å². The standard InChI is InChI=1S/C33H58N2O6S/c1-2-3-4-5-6-7-8-11-14-17-20-28(36)30-22-23-31(41-30)29(37)21-18-15-12-9-10-13-16-19-25-34-32(38)27-24-26-42-33(27)35(39)40/h24,26,28-31,36-37H,2-23,25H2,1H3,(H,34,38)/t28-,29-,30-,31-/m1/s1. The van der Waals surface area contributed by atoms with Crippen LogP contribution in [0.25, 0.3) is 0 Å². The molecule has 242 valence electrons. The molecule has 2 heterocycles. The van der Waals surface area contributed by atoms with Crippen molar-refractivity contribution in [3.05, 3.63) is 27.1 Å². The fraction of sp³-hybridized carbons (Fsp3) is 0.848. The molecule has 1 aromatic heterocycles. The van der Waals surface area contributed by atoms with Crippen molar-refractivity contribution in [2.45, 2.75) is 173 Å². The summed E-state index contributed by atoms with van der Waals surface area (Å²) >= 11 is 0.970. The smallest absolute Gasteiger partial charge is 0.336 e. The molecule has 0 unspecified atom stereocenters. The molecule has 1 saturated heterocycles. The van der Waals surface area contributed by atoms with E-state index in [4.69, 9.17) is 4.74 Å². The van der Waals surface area contributed by atoms with Gasteiger partial charge < -0.3 is 20.3 Å².